The number of anilines is 2. The molecule has 0 bridgehead atoms. The number of fused-ring (bicyclic) bond motifs is 4. The second kappa shape index (κ2) is 7.15. The normalized spacial score (nSPS) is 20.6. The molecule has 3 aromatic heterocycles. The average molecular weight is 448 g/mol. The summed E-state index contributed by atoms with van der Waals surface area (Å²) in [6.45, 7) is 4.41. The molecule has 1 aromatic carbocycles. The predicted octanol–water partition coefficient (Wildman–Crippen LogP) is 2.95. The van der Waals surface area contributed by atoms with Crippen LogP contribution in [0.2, 0.25) is 0 Å². The van der Waals surface area contributed by atoms with Gasteiger partial charge in [-0.3, -0.25) is 4.68 Å². The summed E-state index contributed by atoms with van der Waals surface area (Å²) in [5.74, 6) is -0.780. The molecule has 8 nitrogen and oxygen atoms in total. The Balaban J connectivity index is 1.44. The van der Waals surface area contributed by atoms with E-state index < -0.39 is 5.82 Å². The minimum Gasteiger partial charge on any atom is -0.367 e. The molecule has 168 valence electrons. The van der Waals surface area contributed by atoms with Crippen LogP contribution >= 0.6 is 0 Å². The number of halogens is 2. The molecule has 1 fully saturated rings. The zero-order valence-electron chi connectivity index (χ0n) is 18.0. The fourth-order valence-corrected chi connectivity index (χ4v) is 5.15. The van der Waals surface area contributed by atoms with Gasteiger partial charge in [-0.15, -0.1) is 0 Å². The van der Waals surface area contributed by atoms with Crippen molar-refractivity contribution in [2.45, 2.75) is 32.0 Å². The zero-order chi connectivity index (χ0) is 22.9. The molecule has 0 spiro atoms. The van der Waals surface area contributed by atoms with Gasteiger partial charge in [-0.25, -0.2) is 13.3 Å². The standard InChI is InChI=1S/C23H22F2N8/c1-13-10-31(20-3-2-15(8-26)33-23(20)18(25)9-28-33)12-22-16-6-17(24)21(7-19(16)29-32(13)22)30-5-4-14(27)11-30/h2-3,6-7,9,13-14H,4-5,10-12,27H2,1H3/t13-,14+/m1/s1. The van der Waals surface area contributed by atoms with E-state index >= 15 is 4.39 Å². The lowest BCUT2D eigenvalue weighted by atomic mass is 10.1. The molecule has 33 heavy (non-hydrogen) atoms. The van der Waals surface area contributed by atoms with Crippen molar-refractivity contribution in [2.75, 3.05) is 29.4 Å². The second-order valence-corrected chi connectivity index (χ2v) is 8.90. The third-order valence-corrected chi connectivity index (χ3v) is 6.73. The molecule has 10 heteroatoms. The van der Waals surface area contributed by atoms with E-state index in [0.29, 0.717) is 31.0 Å². The van der Waals surface area contributed by atoms with Crippen LogP contribution in [0.5, 0.6) is 0 Å². The third kappa shape index (κ3) is 2.96. The summed E-state index contributed by atoms with van der Waals surface area (Å²) in [5, 5.41) is 18.9. The Kier molecular flexibility index (Phi) is 4.32. The minimum absolute atomic E-state index is 0.0189. The zero-order valence-corrected chi connectivity index (χ0v) is 18.0. The fraction of sp³-hybridized carbons (Fsp3) is 0.348. The van der Waals surface area contributed by atoms with Gasteiger partial charge in [0, 0.05) is 31.1 Å². The maximum atomic E-state index is 15.1. The summed E-state index contributed by atoms with van der Waals surface area (Å²) in [4.78, 5) is 4.01. The maximum absolute atomic E-state index is 15.1. The van der Waals surface area contributed by atoms with Gasteiger partial charge in [-0.2, -0.15) is 15.5 Å². The van der Waals surface area contributed by atoms with E-state index in [1.165, 1.54) is 4.52 Å². The topological polar surface area (TPSA) is 91.4 Å². The van der Waals surface area contributed by atoms with Crippen molar-refractivity contribution in [2.24, 2.45) is 5.73 Å². The molecule has 2 aliphatic heterocycles. The molecule has 2 N–H and O–H groups in total. The summed E-state index contributed by atoms with van der Waals surface area (Å²) < 4.78 is 33.0. The number of rotatable bonds is 2. The van der Waals surface area contributed by atoms with E-state index in [1.807, 2.05) is 33.5 Å². The molecule has 1 saturated heterocycles. The minimum atomic E-state index is -0.488. The van der Waals surface area contributed by atoms with E-state index in [0.717, 1.165) is 35.8 Å². The highest BCUT2D eigenvalue weighted by Gasteiger charge is 2.30. The molecule has 2 atom stereocenters. The molecular weight excluding hydrogens is 426 g/mol. The van der Waals surface area contributed by atoms with E-state index in [4.69, 9.17) is 10.8 Å². The smallest absolute Gasteiger partial charge is 0.171 e. The molecule has 2 aliphatic rings. The van der Waals surface area contributed by atoms with Crippen molar-refractivity contribution >= 4 is 27.8 Å². The van der Waals surface area contributed by atoms with Crippen LogP contribution in [-0.2, 0) is 6.54 Å². The van der Waals surface area contributed by atoms with Gasteiger partial charge in [0.25, 0.3) is 0 Å². The summed E-state index contributed by atoms with van der Waals surface area (Å²) in [5.41, 5.74) is 9.31. The molecule has 0 amide bonds. The lowest BCUT2D eigenvalue weighted by Gasteiger charge is -2.34. The highest BCUT2D eigenvalue weighted by Crippen LogP contribution is 2.36. The van der Waals surface area contributed by atoms with Gasteiger partial charge in [0.2, 0.25) is 0 Å². The van der Waals surface area contributed by atoms with Crippen LogP contribution in [0, 0.1) is 23.0 Å². The highest BCUT2D eigenvalue weighted by atomic mass is 19.1. The number of nitriles is 1. The van der Waals surface area contributed by atoms with Crippen molar-refractivity contribution in [1.29, 1.82) is 5.26 Å². The first kappa shape index (κ1) is 19.9. The van der Waals surface area contributed by atoms with Crippen LogP contribution in [-0.4, -0.2) is 45.1 Å². The summed E-state index contributed by atoms with van der Waals surface area (Å²) in [6, 6.07) is 8.82. The van der Waals surface area contributed by atoms with Crippen LogP contribution in [0.4, 0.5) is 20.2 Å². The van der Waals surface area contributed by atoms with Crippen molar-refractivity contribution < 1.29 is 8.78 Å². The van der Waals surface area contributed by atoms with Gasteiger partial charge in [0.1, 0.15) is 23.1 Å². The number of hydrogen-bond acceptors (Lipinski definition) is 6. The molecule has 4 aromatic rings. The van der Waals surface area contributed by atoms with E-state index in [9.17, 15) is 9.65 Å². The molecule has 6 rings (SSSR count). The summed E-state index contributed by atoms with van der Waals surface area (Å²) in [6.07, 6.45) is 1.96. The van der Waals surface area contributed by atoms with Gasteiger partial charge < -0.3 is 15.5 Å². The number of benzene rings is 1. The summed E-state index contributed by atoms with van der Waals surface area (Å²) >= 11 is 0. The van der Waals surface area contributed by atoms with Gasteiger partial charge in [-0.1, -0.05) is 0 Å². The van der Waals surface area contributed by atoms with Gasteiger partial charge in [0.05, 0.1) is 41.4 Å². The van der Waals surface area contributed by atoms with Gasteiger partial charge in [-0.05, 0) is 37.6 Å². The Morgan fingerprint density at radius 1 is 1.12 bits per heavy atom. The monoisotopic (exact) mass is 448 g/mol. The van der Waals surface area contributed by atoms with Crippen molar-refractivity contribution in [3.63, 3.8) is 0 Å². The number of pyridine rings is 1. The van der Waals surface area contributed by atoms with Crippen molar-refractivity contribution in [3.8, 4) is 6.07 Å². The Morgan fingerprint density at radius 3 is 2.73 bits per heavy atom. The first-order valence-corrected chi connectivity index (χ1v) is 11.0. The van der Waals surface area contributed by atoms with Crippen molar-refractivity contribution in [1.82, 2.24) is 19.4 Å². The first-order chi connectivity index (χ1) is 15.9. The van der Waals surface area contributed by atoms with Crippen LogP contribution in [0.1, 0.15) is 30.8 Å². The quantitative estimate of drug-likeness (QED) is 0.507. The van der Waals surface area contributed by atoms with E-state index in [-0.39, 0.29) is 29.1 Å². The molecule has 5 heterocycles. The molecular formula is C23H22F2N8. The Morgan fingerprint density at radius 2 is 1.97 bits per heavy atom. The predicted molar refractivity (Wildman–Crippen MR) is 120 cm³/mol. The number of hydrogen-bond donors (Lipinski definition) is 1. The Bertz CT molecular complexity index is 1450. The number of aromatic nitrogens is 4. The van der Waals surface area contributed by atoms with Gasteiger partial charge in [0.15, 0.2) is 5.82 Å². The van der Waals surface area contributed by atoms with Crippen LogP contribution in [0.15, 0.2) is 30.5 Å². The molecule has 0 unspecified atom stereocenters. The fourth-order valence-electron chi connectivity index (χ4n) is 5.15. The Labute approximate surface area is 188 Å². The van der Waals surface area contributed by atoms with Gasteiger partial charge >= 0.3 is 0 Å². The summed E-state index contributed by atoms with van der Waals surface area (Å²) in [7, 11) is 0. The lowest BCUT2D eigenvalue weighted by Crippen LogP contribution is -2.36. The Hall–Kier alpha value is -3.71. The van der Waals surface area contributed by atoms with E-state index in [2.05, 4.69) is 5.10 Å². The first-order valence-electron chi connectivity index (χ1n) is 11.0. The van der Waals surface area contributed by atoms with Crippen LogP contribution < -0.4 is 15.5 Å². The van der Waals surface area contributed by atoms with Crippen LogP contribution in [0.3, 0.4) is 0 Å². The van der Waals surface area contributed by atoms with Crippen molar-refractivity contribution in [3.05, 3.63) is 53.5 Å². The average Bonchev–Trinajstić information content (AvgIpc) is 3.50. The number of nitrogens with zero attached hydrogens (tertiary/aromatic N) is 7. The second-order valence-electron chi connectivity index (χ2n) is 8.90. The van der Waals surface area contributed by atoms with Crippen LogP contribution in [0.25, 0.3) is 16.4 Å². The SMILES string of the molecule is C[C@@H]1CN(c2ccc(C#N)n3ncc(F)c23)Cc2c3cc(F)c(N4CC[C@H](N)C4)cc3nn21. The van der Waals surface area contributed by atoms with E-state index in [1.54, 1.807) is 18.2 Å². The lowest BCUT2D eigenvalue weighted by molar-refractivity contribution is 0.430. The highest BCUT2D eigenvalue weighted by molar-refractivity contribution is 5.86. The molecule has 0 aliphatic carbocycles. The largest absolute Gasteiger partial charge is 0.367 e. The number of nitrogens with two attached hydrogens (primary N) is 1. The maximum Gasteiger partial charge on any atom is 0.171 e. The molecule has 0 saturated carbocycles. The molecule has 0 radical (unpaired) electrons. The third-order valence-electron chi connectivity index (χ3n) is 6.73.